The molecule has 5 heteroatoms. The molecule has 0 aliphatic carbocycles. The van der Waals surface area contributed by atoms with Crippen LogP contribution in [-0.2, 0) is 0 Å². The van der Waals surface area contributed by atoms with Crippen LogP contribution in [0.3, 0.4) is 0 Å². The van der Waals surface area contributed by atoms with E-state index < -0.39 is 0 Å². The van der Waals surface area contributed by atoms with E-state index >= 15 is 0 Å². The Kier molecular flexibility index (Phi) is 3.98. The van der Waals surface area contributed by atoms with Gasteiger partial charge < -0.3 is 10.4 Å². The predicted octanol–water partition coefficient (Wildman–Crippen LogP) is -0.0880. The molecule has 5 nitrogen and oxygen atoms in total. The van der Waals surface area contributed by atoms with E-state index in [-0.39, 0.29) is 12.5 Å². The lowest BCUT2D eigenvalue weighted by molar-refractivity contribution is 0.0952. The summed E-state index contributed by atoms with van der Waals surface area (Å²) in [6.07, 6.45) is 4.52. The van der Waals surface area contributed by atoms with Crippen LogP contribution < -0.4 is 5.32 Å². The molecule has 0 bridgehead atoms. The highest BCUT2D eigenvalue weighted by atomic mass is 16.2. The first-order valence-corrected chi connectivity index (χ1v) is 4.22. The van der Waals surface area contributed by atoms with E-state index in [1.807, 2.05) is 0 Å². The zero-order valence-electron chi connectivity index (χ0n) is 7.29. The second-order valence-electron chi connectivity index (χ2n) is 2.67. The molecular formula is C8H13N3O2. The molecule has 0 saturated heterocycles. The minimum atomic E-state index is -0.133. The van der Waals surface area contributed by atoms with Crippen molar-refractivity contribution in [2.45, 2.75) is 12.8 Å². The fourth-order valence-electron chi connectivity index (χ4n) is 0.916. The third-order valence-electron chi connectivity index (χ3n) is 1.63. The quantitative estimate of drug-likeness (QED) is 0.558. The number of H-pyrrole nitrogens is 1. The summed E-state index contributed by atoms with van der Waals surface area (Å²) in [6.45, 7) is 0.756. The van der Waals surface area contributed by atoms with Gasteiger partial charge in [0.25, 0.3) is 5.91 Å². The maximum absolute atomic E-state index is 11.2. The topological polar surface area (TPSA) is 78.0 Å². The van der Waals surface area contributed by atoms with E-state index in [1.54, 1.807) is 6.20 Å². The molecule has 0 saturated carbocycles. The molecule has 1 rings (SSSR count). The van der Waals surface area contributed by atoms with E-state index in [0.29, 0.717) is 18.5 Å². The molecule has 0 aliphatic rings. The number of carbonyl (C=O) groups excluding carboxylic acids is 1. The van der Waals surface area contributed by atoms with Crippen molar-refractivity contribution in [3.05, 3.63) is 18.0 Å². The Morgan fingerprint density at radius 1 is 1.62 bits per heavy atom. The second-order valence-corrected chi connectivity index (χ2v) is 2.67. The number of aromatic nitrogens is 2. The van der Waals surface area contributed by atoms with Gasteiger partial charge >= 0.3 is 0 Å². The highest BCUT2D eigenvalue weighted by Gasteiger charge is 2.04. The van der Waals surface area contributed by atoms with Crippen molar-refractivity contribution in [3.8, 4) is 0 Å². The lowest BCUT2D eigenvalue weighted by Crippen LogP contribution is -2.24. The Morgan fingerprint density at radius 3 is 3.08 bits per heavy atom. The summed E-state index contributed by atoms with van der Waals surface area (Å²) in [5, 5.41) is 17.4. The monoisotopic (exact) mass is 183 g/mol. The molecule has 1 aromatic rings. The molecule has 0 atom stereocenters. The van der Waals surface area contributed by atoms with Gasteiger partial charge in [-0.1, -0.05) is 0 Å². The highest BCUT2D eigenvalue weighted by molar-refractivity contribution is 5.93. The Hall–Kier alpha value is -1.36. The van der Waals surface area contributed by atoms with Crippen LogP contribution in [0.5, 0.6) is 0 Å². The van der Waals surface area contributed by atoms with Gasteiger partial charge in [0.1, 0.15) is 0 Å². The fraction of sp³-hybridized carbons (Fsp3) is 0.500. The number of carbonyl (C=O) groups is 1. The van der Waals surface area contributed by atoms with Crippen molar-refractivity contribution in [2.75, 3.05) is 13.2 Å². The highest BCUT2D eigenvalue weighted by Crippen LogP contribution is 1.93. The number of amides is 1. The molecule has 0 aromatic carbocycles. The van der Waals surface area contributed by atoms with E-state index in [0.717, 1.165) is 6.42 Å². The molecule has 3 N–H and O–H groups in total. The molecule has 0 radical (unpaired) electrons. The minimum absolute atomic E-state index is 0.133. The summed E-state index contributed by atoms with van der Waals surface area (Å²) in [5.74, 6) is -0.133. The fourth-order valence-corrected chi connectivity index (χ4v) is 0.916. The average molecular weight is 183 g/mol. The Balaban J connectivity index is 2.19. The number of aliphatic hydroxyl groups is 1. The van der Waals surface area contributed by atoms with Crippen molar-refractivity contribution in [2.24, 2.45) is 0 Å². The van der Waals surface area contributed by atoms with Crippen LogP contribution in [0.4, 0.5) is 0 Å². The molecule has 1 aromatic heterocycles. The molecule has 0 fully saturated rings. The summed E-state index contributed by atoms with van der Waals surface area (Å²) >= 11 is 0. The lowest BCUT2D eigenvalue weighted by Gasteiger charge is -2.01. The first-order valence-electron chi connectivity index (χ1n) is 4.22. The maximum Gasteiger partial charge on any atom is 0.254 e. The number of aromatic amines is 1. The summed E-state index contributed by atoms with van der Waals surface area (Å²) in [6, 6.07) is 0. The van der Waals surface area contributed by atoms with Gasteiger partial charge in [-0.05, 0) is 12.8 Å². The van der Waals surface area contributed by atoms with Gasteiger partial charge in [-0.25, -0.2) is 0 Å². The first kappa shape index (κ1) is 9.73. The van der Waals surface area contributed by atoms with Crippen LogP contribution >= 0.6 is 0 Å². The minimum Gasteiger partial charge on any atom is -0.396 e. The van der Waals surface area contributed by atoms with Gasteiger partial charge in [0.2, 0.25) is 0 Å². The number of hydrogen-bond acceptors (Lipinski definition) is 3. The Morgan fingerprint density at radius 2 is 2.46 bits per heavy atom. The van der Waals surface area contributed by atoms with Gasteiger partial charge in [-0.2, -0.15) is 5.10 Å². The number of nitrogens with one attached hydrogen (secondary N) is 2. The van der Waals surface area contributed by atoms with Gasteiger partial charge in [0, 0.05) is 19.3 Å². The maximum atomic E-state index is 11.2. The van der Waals surface area contributed by atoms with Crippen LogP contribution in [0.15, 0.2) is 12.4 Å². The third kappa shape index (κ3) is 3.25. The molecule has 1 amide bonds. The number of unbranched alkanes of at least 4 members (excludes halogenated alkanes) is 1. The molecule has 0 aliphatic heterocycles. The van der Waals surface area contributed by atoms with Crippen molar-refractivity contribution in [1.82, 2.24) is 15.5 Å². The molecule has 0 unspecified atom stereocenters. The Bertz CT molecular complexity index is 246. The molecule has 72 valence electrons. The zero-order valence-corrected chi connectivity index (χ0v) is 7.29. The number of nitrogens with zero attached hydrogens (tertiary/aromatic N) is 1. The van der Waals surface area contributed by atoms with E-state index in [4.69, 9.17) is 5.11 Å². The largest absolute Gasteiger partial charge is 0.396 e. The molecule has 1 heterocycles. The first-order chi connectivity index (χ1) is 6.34. The summed E-state index contributed by atoms with van der Waals surface area (Å²) in [7, 11) is 0. The third-order valence-corrected chi connectivity index (χ3v) is 1.63. The molecule has 13 heavy (non-hydrogen) atoms. The number of aliphatic hydroxyl groups excluding tert-OH is 1. The molecular weight excluding hydrogens is 170 g/mol. The van der Waals surface area contributed by atoms with Crippen LogP contribution in [0.2, 0.25) is 0 Å². The number of rotatable bonds is 5. The van der Waals surface area contributed by atoms with Gasteiger partial charge in [-0.15, -0.1) is 0 Å². The van der Waals surface area contributed by atoms with E-state index in [2.05, 4.69) is 15.5 Å². The second kappa shape index (κ2) is 5.31. The van der Waals surface area contributed by atoms with E-state index in [9.17, 15) is 4.79 Å². The van der Waals surface area contributed by atoms with Crippen LogP contribution in [0.25, 0.3) is 0 Å². The summed E-state index contributed by atoms with van der Waals surface area (Å²) < 4.78 is 0. The van der Waals surface area contributed by atoms with Crippen molar-refractivity contribution in [1.29, 1.82) is 0 Å². The SMILES string of the molecule is O=C(NCCCCO)c1cn[nH]c1. The smallest absolute Gasteiger partial charge is 0.254 e. The van der Waals surface area contributed by atoms with Gasteiger partial charge in [0.15, 0.2) is 0 Å². The lowest BCUT2D eigenvalue weighted by atomic mass is 10.3. The standard InChI is InChI=1S/C8H13N3O2/c12-4-2-1-3-9-8(13)7-5-10-11-6-7/h5-6,12H,1-4H2,(H,9,13)(H,10,11). The van der Waals surface area contributed by atoms with Crippen LogP contribution in [-0.4, -0.2) is 34.4 Å². The van der Waals surface area contributed by atoms with Crippen LogP contribution in [0, 0.1) is 0 Å². The summed E-state index contributed by atoms with van der Waals surface area (Å²) in [4.78, 5) is 11.2. The zero-order chi connectivity index (χ0) is 9.52. The number of hydrogen-bond donors (Lipinski definition) is 3. The molecule has 0 spiro atoms. The van der Waals surface area contributed by atoms with Crippen molar-refractivity contribution >= 4 is 5.91 Å². The van der Waals surface area contributed by atoms with Gasteiger partial charge in [-0.3, -0.25) is 9.89 Å². The Labute approximate surface area is 76.2 Å². The van der Waals surface area contributed by atoms with Crippen LogP contribution in [0.1, 0.15) is 23.2 Å². The normalized spacial score (nSPS) is 9.92. The average Bonchev–Trinajstić information content (AvgIpc) is 2.65. The van der Waals surface area contributed by atoms with Crippen molar-refractivity contribution in [3.63, 3.8) is 0 Å². The predicted molar refractivity (Wildman–Crippen MR) is 47.2 cm³/mol. The summed E-state index contributed by atoms with van der Waals surface area (Å²) in [5.41, 5.74) is 0.531. The van der Waals surface area contributed by atoms with Crippen molar-refractivity contribution < 1.29 is 9.90 Å². The van der Waals surface area contributed by atoms with Gasteiger partial charge in [0.05, 0.1) is 11.8 Å². The van der Waals surface area contributed by atoms with E-state index in [1.165, 1.54) is 6.20 Å².